The molecule has 1 aliphatic carbocycles. The number of hydrogen-bond donors (Lipinski definition) is 1. The van der Waals surface area contributed by atoms with Crippen LogP contribution in [0.4, 0.5) is 5.82 Å². The van der Waals surface area contributed by atoms with Gasteiger partial charge in [0, 0.05) is 28.6 Å². The van der Waals surface area contributed by atoms with Gasteiger partial charge >= 0.3 is 0 Å². The van der Waals surface area contributed by atoms with E-state index in [1.54, 1.807) is 0 Å². The van der Waals surface area contributed by atoms with Gasteiger partial charge in [0.15, 0.2) is 0 Å². The number of anilines is 1. The molecule has 4 heteroatoms. The van der Waals surface area contributed by atoms with Crippen LogP contribution >= 0.6 is 11.6 Å². The molecule has 0 bridgehead atoms. The maximum atomic E-state index is 6.19. The summed E-state index contributed by atoms with van der Waals surface area (Å²) in [4.78, 5) is 8.64. The minimum Gasteiger partial charge on any atom is -0.367 e. The first-order valence-electron chi connectivity index (χ1n) is 5.62. The molecular formula is C12H18ClN3. The number of nitrogens with one attached hydrogen (secondary N) is 1. The van der Waals surface area contributed by atoms with Crippen molar-refractivity contribution in [3.63, 3.8) is 0 Å². The standard InChI is InChI=1S/C12H18ClN3/c1-7-5-11(15-8(2)14-7)16-10-6-9(13)12(10,3)4/h5,9-10H,6H2,1-4H3,(H,14,15,16). The van der Waals surface area contributed by atoms with Crippen molar-refractivity contribution in [3.05, 3.63) is 17.6 Å². The molecular weight excluding hydrogens is 222 g/mol. The third-order valence-corrected chi connectivity index (χ3v) is 4.18. The van der Waals surface area contributed by atoms with Gasteiger partial charge < -0.3 is 5.32 Å². The van der Waals surface area contributed by atoms with Crippen LogP contribution in [0.3, 0.4) is 0 Å². The van der Waals surface area contributed by atoms with E-state index < -0.39 is 0 Å². The Morgan fingerprint density at radius 1 is 1.38 bits per heavy atom. The summed E-state index contributed by atoms with van der Waals surface area (Å²) in [5.41, 5.74) is 1.13. The molecule has 1 fully saturated rings. The van der Waals surface area contributed by atoms with E-state index in [4.69, 9.17) is 11.6 Å². The molecule has 0 aliphatic heterocycles. The van der Waals surface area contributed by atoms with Crippen LogP contribution in [0, 0.1) is 19.3 Å². The molecule has 1 heterocycles. The lowest BCUT2D eigenvalue weighted by atomic mass is 9.67. The van der Waals surface area contributed by atoms with Crippen molar-refractivity contribution < 1.29 is 0 Å². The number of nitrogens with zero attached hydrogens (tertiary/aromatic N) is 2. The van der Waals surface area contributed by atoms with Gasteiger partial charge in [-0.25, -0.2) is 9.97 Å². The Morgan fingerprint density at radius 2 is 2.06 bits per heavy atom. The summed E-state index contributed by atoms with van der Waals surface area (Å²) >= 11 is 6.19. The number of rotatable bonds is 2. The average Bonchev–Trinajstić information content (AvgIpc) is 2.15. The van der Waals surface area contributed by atoms with Crippen molar-refractivity contribution >= 4 is 17.4 Å². The summed E-state index contributed by atoms with van der Waals surface area (Å²) in [6, 6.07) is 2.38. The van der Waals surface area contributed by atoms with Gasteiger partial charge in [0.2, 0.25) is 0 Å². The minimum absolute atomic E-state index is 0.133. The molecule has 1 N–H and O–H groups in total. The Morgan fingerprint density at radius 3 is 2.56 bits per heavy atom. The monoisotopic (exact) mass is 239 g/mol. The number of alkyl halides is 1. The summed E-state index contributed by atoms with van der Waals surface area (Å²) in [6.07, 6.45) is 0.997. The fourth-order valence-electron chi connectivity index (χ4n) is 2.09. The van der Waals surface area contributed by atoms with Gasteiger partial charge in [-0.2, -0.15) is 0 Å². The van der Waals surface area contributed by atoms with Crippen molar-refractivity contribution in [2.24, 2.45) is 5.41 Å². The van der Waals surface area contributed by atoms with E-state index in [1.807, 2.05) is 19.9 Å². The molecule has 88 valence electrons. The van der Waals surface area contributed by atoms with Crippen LogP contribution in [0.5, 0.6) is 0 Å². The zero-order chi connectivity index (χ0) is 11.9. The summed E-state index contributed by atoms with van der Waals surface area (Å²) in [6.45, 7) is 8.27. The van der Waals surface area contributed by atoms with E-state index in [2.05, 4.69) is 29.1 Å². The Kier molecular flexibility index (Phi) is 2.82. The average molecular weight is 240 g/mol. The molecule has 16 heavy (non-hydrogen) atoms. The van der Waals surface area contributed by atoms with Crippen molar-refractivity contribution in [3.8, 4) is 0 Å². The maximum absolute atomic E-state index is 6.19. The highest BCUT2D eigenvalue weighted by Crippen LogP contribution is 2.45. The first-order valence-corrected chi connectivity index (χ1v) is 6.06. The van der Waals surface area contributed by atoms with Crippen molar-refractivity contribution in [2.45, 2.75) is 45.5 Å². The third kappa shape index (κ3) is 2.01. The molecule has 1 aromatic heterocycles. The molecule has 0 aromatic carbocycles. The Bertz CT molecular complexity index is 383. The van der Waals surface area contributed by atoms with E-state index in [0.717, 1.165) is 23.8 Å². The van der Waals surface area contributed by atoms with Crippen LogP contribution in [-0.2, 0) is 0 Å². The van der Waals surface area contributed by atoms with E-state index in [0.29, 0.717) is 6.04 Å². The molecule has 0 amide bonds. The van der Waals surface area contributed by atoms with E-state index in [1.165, 1.54) is 0 Å². The van der Waals surface area contributed by atoms with Gasteiger partial charge in [-0.15, -0.1) is 11.6 Å². The van der Waals surface area contributed by atoms with Crippen molar-refractivity contribution in [2.75, 3.05) is 5.32 Å². The van der Waals surface area contributed by atoms with E-state index in [9.17, 15) is 0 Å². The fraction of sp³-hybridized carbons (Fsp3) is 0.667. The summed E-state index contributed by atoms with van der Waals surface area (Å²) < 4.78 is 0. The van der Waals surface area contributed by atoms with Crippen LogP contribution in [0.1, 0.15) is 31.8 Å². The lowest BCUT2D eigenvalue weighted by Crippen LogP contribution is -2.54. The number of aromatic nitrogens is 2. The molecule has 0 spiro atoms. The summed E-state index contributed by atoms with van der Waals surface area (Å²) in [5, 5.41) is 3.70. The Hall–Kier alpha value is -0.830. The van der Waals surface area contributed by atoms with Gasteiger partial charge in [0.1, 0.15) is 11.6 Å². The molecule has 3 nitrogen and oxygen atoms in total. The maximum Gasteiger partial charge on any atom is 0.130 e. The second kappa shape index (κ2) is 3.88. The molecule has 0 saturated heterocycles. The quantitative estimate of drug-likeness (QED) is 0.807. The lowest BCUT2D eigenvalue weighted by Gasteiger charge is -2.49. The molecule has 1 aromatic rings. The number of aryl methyl sites for hydroxylation is 2. The van der Waals surface area contributed by atoms with Crippen molar-refractivity contribution in [1.29, 1.82) is 0 Å². The second-order valence-corrected chi connectivity index (χ2v) is 5.69. The van der Waals surface area contributed by atoms with Gasteiger partial charge in [-0.3, -0.25) is 0 Å². The summed E-state index contributed by atoms with van der Waals surface area (Å²) in [7, 11) is 0. The normalized spacial score (nSPS) is 27.3. The highest BCUT2D eigenvalue weighted by Gasteiger charge is 2.47. The van der Waals surface area contributed by atoms with Crippen LogP contribution in [0.25, 0.3) is 0 Å². The van der Waals surface area contributed by atoms with Gasteiger partial charge in [-0.1, -0.05) is 13.8 Å². The smallest absolute Gasteiger partial charge is 0.130 e. The Balaban J connectivity index is 2.11. The zero-order valence-corrected chi connectivity index (χ0v) is 11.0. The number of halogens is 1. The van der Waals surface area contributed by atoms with Gasteiger partial charge in [0.25, 0.3) is 0 Å². The third-order valence-electron chi connectivity index (χ3n) is 3.44. The molecule has 2 rings (SSSR count). The molecule has 0 radical (unpaired) electrons. The van der Waals surface area contributed by atoms with Crippen LogP contribution in [0.15, 0.2) is 6.07 Å². The van der Waals surface area contributed by atoms with E-state index >= 15 is 0 Å². The predicted octanol–water partition coefficient (Wildman–Crippen LogP) is 2.91. The molecule has 1 saturated carbocycles. The summed E-state index contributed by atoms with van der Waals surface area (Å²) in [5.74, 6) is 1.72. The predicted molar refractivity (Wildman–Crippen MR) is 67.0 cm³/mol. The largest absolute Gasteiger partial charge is 0.367 e. The Labute approximate surface area is 102 Å². The zero-order valence-electron chi connectivity index (χ0n) is 10.2. The van der Waals surface area contributed by atoms with Gasteiger partial charge in [0.05, 0.1) is 0 Å². The van der Waals surface area contributed by atoms with Crippen LogP contribution in [-0.4, -0.2) is 21.4 Å². The second-order valence-electron chi connectivity index (χ2n) is 5.16. The number of hydrogen-bond acceptors (Lipinski definition) is 3. The molecule has 1 aliphatic rings. The SMILES string of the molecule is Cc1cc(NC2CC(Cl)C2(C)C)nc(C)n1. The topological polar surface area (TPSA) is 37.8 Å². The minimum atomic E-state index is 0.133. The van der Waals surface area contributed by atoms with Crippen LogP contribution < -0.4 is 5.32 Å². The molecule has 2 atom stereocenters. The van der Waals surface area contributed by atoms with Crippen LogP contribution in [0.2, 0.25) is 0 Å². The highest BCUT2D eigenvalue weighted by molar-refractivity contribution is 6.21. The fourth-order valence-corrected chi connectivity index (χ4v) is 2.42. The first kappa shape index (κ1) is 11.6. The lowest BCUT2D eigenvalue weighted by molar-refractivity contribution is 0.168. The highest BCUT2D eigenvalue weighted by atomic mass is 35.5. The van der Waals surface area contributed by atoms with E-state index in [-0.39, 0.29) is 10.8 Å². The van der Waals surface area contributed by atoms with Gasteiger partial charge in [-0.05, 0) is 20.3 Å². The van der Waals surface area contributed by atoms with Crippen molar-refractivity contribution in [1.82, 2.24) is 9.97 Å². The first-order chi connectivity index (χ1) is 7.39. The molecule has 2 unspecified atom stereocenters.